The summed E-state index contributed by atoms with van der Waals surface area (Å²) in [6.45, 7) is 5.03. The average Bonchev–Trinajstić information content (AvgIpc) is 2.75. The van der Waals surface area contributed by atoms with Crippen molar-refractivity contribution >= 4 is 17.8 Å². The van der Waals surface area contributed by atoms with Gasteiger partial charge in [0.05, 0.1) is 0 Å². The topological polar surface area (TPSA) is 97.0 Å². The van der Waals surface area contributed by atoms with Crippen molar-refractivity contribution in [1.82, 2.24) is 20.3 Å². The lowest BCUT2D eigenvalue weighted by atomic mass is 10.3. The predicted octanol–water partition coefficient (Wildman–Crippen LogP) is -0.269. The molecule has 1 aliphatic rings. The third kappa shape index (κ3) is 2.85. The molecule has 18 heavy (non-hydrogen) atoms. The Morgan fingerprint density at radius 1 is 1.50 bits per heavy atom. The van der Waals surface area contributed by atoms with Crippen LogP contribution in [0.1, 0.15) is 26.1 Å². The molecule has 98 valence electrons. The number of nitrogen functional groups attached to an aromatic ring is 1. The highest BCUT2D eigenvalue weighted by Gasteiger charge is 2.25. The number of aryl methyl sites for hydroxylation is 1. The predicted molar refractivity (Wildman–Crippen MR) is 68.1 cm³/mol. The highest BCUT2D eigenvalue weighted by Crippen LogP contribution is 2.17. The van der Waals surface area contributed by atoms with E-state index in [2.05, 4.69) is 20.3 Å². The molecule has 0 spiro atoms. The largest absolute Gasteiger partial charge is 0.368 e. The van der Waals surface area contributed by atoms with E-state index >= 15 is 0 Å². The first-order valence-electron chi connectivity index (χ1n) is 6.11. The van der Waals surface area contributed by atoms with Crippen molar-refractivity contribution in [2.24, 2.45) is 0 Å². The second kappa shape index (κ2) is 5.16. The quantitative estimate of drug-likeness (QED) is 0.766. The highest BCUT2D eigenvalue weighted by atomic mass is 16.1. The Labute approximate surface area is 106 Å². The van der Waals surface area contributed by atoms with Gasteiger partial charge < -0.3 is 16.0 Å². The molecule has 3 N–H and O–H groups in total. The van der Waals surface area contributed by atoms with Gasteiger partial charge in [0.15, 0.2) is 0 Å². The number of nitrogens with zero attached hydrogens (tertiary/aromatic N) is 4. The fourth-order valence-electron chi connectivity index (χ4n) is 2.07. The van der Waals surface area contributed by atoms with Crippen molar-refractivity contribution in [2.75, 3.05) is 23.7 Å². The molecule has 7 heteroatoms. The van der Waals surface area contributed by atoms with Crippen molar-refractivity contribution < 1.29 is 4.79 Å². The van der Waals surface area contributed by atoms with Crippen molar-refractivity contribution in [3.8, 4) is 0 Å². The SMILES string of the molecule is CCc1nc(N)nc(N2CCC(NC(C)=O)C2)n1. The van der Waals surface area contributed by atoms with Gasteiger partial charge in [-0.1, -0.05) is 6.92 Å². The summed E-state index contributed by atoms with van der Waals surface area (Å²) in [5.74, 6) is 1.54. The van der Waals surface area contributed by atoms with Gasteiger partial charge in [0.2, 0.25) is 17.8 Å². The Bertz CT molecular complexity index is 449. The van der Waals surface area contributed by atoms with Crippen molar-refractivity contribution in [1.29, 1.82) is 0 Å². The number of rotatable bonds is 3. The molecule has 1 fully saturated rings. The molecule has 1 unspecified atom stereocenters. The molecule has 0 radical (unpaired) electrons. The number of hydrogen-bond acceptors (Lipinski definition) is 6. The summed E-state index contributed by atoms with van der Waals surface area (Å²) in [5, 5.41) is 2.90. The number of aromatic nitrogens is 3. The fourth-order valence-corrected chi connectivity index (χ4v) is 2.07. The first-order valence-corrected chi connectivity index (χ1v) is 6.11. The lowest BCUT2D eigenvalue weighted by molar-refractivity contribution is -0.119. The first-order chi connectivity index (χ1) is 8.58. The summed E-state index contributed by atoms with van der Waals surface area (Å²) < 4.78 is 0. The van der Waals surface area contributed by atoms with Gasteiger partial charge in [-0.3, -0.25) is 4.79 Å². The van der Waals surface area contributed by atoms with Crippen LogP contribution in [0.2, 0.25) is 0 Å². The van der Waals surface area contributed by atoms with Gasteiger partial charge in [-0.15, -0.1) is 0 Å². The zero-order valence-electron chi connectivity index (χ0n) is 10.7. The van der Waals surface area contributed by atoms with Crippen LogP contribution >= 0.6 is 0 Å². The van der Waals surface area contributed by atoms with Crippen LogP contribution < -0.4 is 16.0 Å². The summed E-state index contributed by atoms with van der Waals surface area (Å²) in [4.78, 5) is 25.6. The van der Waals surface area contributed by atoms with E-state index < -0.39 is 0 Å². The van der Waals surface area contributed by atoms with Gasteiger partial charge in [-0.2, -0.15) is 15.0 Å². The smallest absolute Gasteiger partial charge is 0.230 e. The summed E-state index contributed by atoms with van der Waals surface area (Å²) in [5.41, 5.74) is 5.66. The maximum absolute atomic E-state index is 11.0. The number of carbonyl (C=O) groups excluding carboxylic acids is 1. The van der Waals surface area contributed by atoms with Gasteiger partial charge in [0.1, 0.15) is 5.82 Å². The number of amides is 1. The Morgan fingerprint density at radius 3 is 2.94 bits per heavy atom. The highest BCUT2D eigenvalue weighted by molar-refractivity contribution is 5.73. The molecule has 1 amide bonds. The minimum absolute atomic E-state index is 0.00809. The van der Waals surface area contributed by atoms with Crippen LogP contribution in [0.15, 0.2) is 0 Å². The third-order valence-electron chi connectivity index (χ3n) is 2.88. The Hall–Kier alpha value is -1.92. The molecule has 1 saturated heterocycles. The van der Waals surface area contributed by atoms with E-state index in [1.165, 1.54) is 6.92 Å². The van der Waals surface area contributed by atoms with Crippen molar-refractivity contribution in [2.45, 2.75) is 32.7 Å². The molecule has 1 aromatic heterocycles. The van der Waals surface area contributed by atoms with E-state index in [1.807, 2.05) is 11.8 Å². The van der Waals surface area contributed by atoms with Crippen LogP contribution in [-0.4, -0.2) is 40.0 Å². The zero-order chi connectivity index (χ0) is 13.1. The van der Waals surface area contributed by atoms with Crippen LogP contribution in [0.5, 0.6) is 0 Å². The summed E-state index contributed by atoms with van der Waals surface area (Å²) in [7, 11) is 0. The van der Waals surface area contributed by atoms with E-state index in [0.29, 0.717) is 18.3 Å². The van der Waals surface area contributed by atoms with Gasteiger partial charge in [0.25, 0.3) is 0 Å². The first kappa shape index (κ1) is 12.5. The molecular formula is C11H18N6O. The van der Waals surface area contributed by atoms with Crippen LogP contribution in [0.3, 0.4) is 0 Å². The maximum Gasteiger partial charge on any atom is 0.230 e. The molecule has 2 rings (SSSR count). The number of nitrogens with one attached hydrogen (secondary N) is 1. The van der Waals surface area contributed by atoms with Crippen LogP contribution in [-0.2, 0) is 11.2 Å². The van der Waals surface area contributed by atoms with Gasteiger partial charge in [0, 0.05) is 32.5 Å². The Balaban J connectivity index is 2.09. The van der Waals surface area contributed by atoms with Crippen LogP contribution in [0.4, 0.5) is 11.9 Å². The average molecular weight is 250 g/mol. The summed E-state index contributed by atoms with van der Waals surface area (Å²) >= 11 is 0. The molecule has 0 saturated carbocycles. The van der Waals surface area contributed by atoms with E-state index in [9.17, 15) is 4.79 Å². The normalized spacial score (nSPS) is 19.0. The monoisotopic (exact) mass is 250 g/mol. The number of anilines is 2. The van der Waals surface area contributed by atoms with E-state index in [4.69, 9.17) is 5.73 Å². The minimum Gasteiger partial charge on any atom is -0.368 e. The van der Waals surface area contributed by atoms with Crippen LogP contribution in [0.25, 0.3) is 0 Å². The van der Waals surface area contributed by atoms with E-state index in [0.717, 1.165) is 19.4 Å². The second-order valence-electron chi connectivity index (χ2n) is 4.40. The zero-order valence-corrected chi connectivity index (χ0v) is 10.7. The molecule has 1 aliphatic heterocycles. The minimum atomic E-state index is -0.00809. The Morgan fingerprint density at radius 2 is 2.28 bits per heavy atom. The molecule has 0 aliphatic carbocycles. The standard InChI is InChI=1S/C11H18N6O/c1-3-9-14-10(12)16-11(15-9)17-5-4-8(6-17)13-7(2)18/h8H,3-6H2,1-2H3,(H,13,18)(H2,12,14,15,16). The number of carbonyl (C=O) groups is 1. The molecule has 7 nitrogen and oxygen atoms in total. The van der Waals surface area contributed by atoms with Crippen molar-refractivity contribution in [3.63, 3.8) is 0 Å². The maximum atomic E-state index is 11.0. The van der Waals surface area contributed by atoms with E-state index in [1.54, 1.807) is 0 Å². The van der Waals surface area contributed by atoms with E-state index in [-0.39, 0.29) is 17.9 Å². The third-order valence-corrected chi connectivity index (χ3v) is 2.88. The molecule has 1 atom stereocenters. The molecule has 0 bridgehead atoms. The lowest BCUT2D eigenvalue weighted by Gasteiger charge is -2.17. The van der Waals surface area contributed by atoms with Gasteiger partial charge in [-0.05, 0) is 6.42 Å². The molecule has 0 aromatic carbocycles. The van der Waals surface area contributed by atoms with Gasteiger partial charge in [-0.25, -0.2) is 0 Å². The summed E-state index contributed by atoms with van der Waals surface area (Å²) in [6, 6.07) is 0.158. The second-order valence-corrected chi connectivity index (χ2v) is 4.40. The Kier molecular flexibility index (Phi) is 3.59. The lowest BCUT2D eigenvalue weighted by Crippen LogP contribution is -2.36. The van der Waals surface area contributed by atoms with Crippen LogP contribution in [0, 0.1) is 0 Å². The molecule has 2 heterocycles. The molecular weight excluding hydrogens is 232 g/mol. The fraction of sp³-hybridized carbons (Fsp3) is 0.636. The number of hydrogen-bond donors (Lipinski definition) is 2. The van der Waals surface area contributed by atoms with Gasteiger partial charge >= 0.3 is 0 Å². The number of nitrogens with two attached hydrogens (primary N) is 1. The van der Waals surface area contributed by atoms with Crippen molar-refractivity contribution in [3.05, 3.63) is 5.82 Å². The molecule has 1 aromatic rings. The summed E-state index contributed by atoms with van der Waals surface area (Å²) in [6.07, 6.45) is 1.62.